The van der Waals surface area contributed by atoms with Gasteiger partial charge in [0, 0.05) is 35.7 Å². The molecule has 0 bridgehead atoms. The summed E-state index contributed by atoms with van der Waals surface area (Å²) in [6.07, 6.45) is 6.62. The van der Waals surface area contributed by atoms with Crippen molar-refractivity contribution in [3.8, 4) is 0 Å². The highest BCUT2D eigenvalue weighted by Gasteiger charge is 2.38. The van der Waals surface area contributed by atoms with Gasteiger partial charge in [-0.3, -0.25) is 4.98 Å². The number of hydrogen-bond acceptors (Lipinski definition) is 5. The number of anilines is 2. The molecule has 5 nitrogen and oxygen atoms in total. The first-order valence-corrected chi connectivity index (χ1v) is 8.34. The molecule has 1 atom stereocenters. The highest BCUT2D eigenvalue weighted by molar-refractivity contribution is 5.73. The van der Waals surface area contributed by atoms with E-state index in [1.807, 2.05) is 24.3 Å². The molecule has 3 aromatic rings. The van der Waals surface area contributed by atoms with E-state index in [-0.39, 0.29) is 5.41 Å². The van der Waals surface area contributed by atoms with Crippen molar-refractivity contribution in [1.82, 2.24) is 9.97 Å². The zero-order valence-electron chi connectivity index (χ0n) is 14.6. The molecule has 1 aromatic carbocycles. The first-order valence-electron chi connectivity index (χ1n) is 8.34. The Balaban J connectivity index is 1.83. The van der Waals surface area contributed by atoms with Crippen LogP contribution in [0.15, 0.2) is 59.6 Å². The summed E-state index contributed by atoms with van der Waals surface area (Å²) in [5, 5.41) is 11.0. The SMILES string of the molecule is CC1(C)CN(c2ccncc2)c2cc(C(C)(O)c3ncco3)ccc21. The lowest BCUT2D eigenvalue weighted by Crippen LogP contribution is -2.25. The van der Waals surface area contributed by atoms with E-state index < -0.39 is 5.60 Å². The summed E-state index contributed by atoms with van der Waals surface area (Å²) in [5.41, 5.74) is 2.94. The second-order valence-corrected chi connectivity index (χ2v) is 7.32. The lowest BCUT2D eigenvalue weighted by Gasteiger charge is -2.24. The molecule has 128 valence electrons. The van der Waals surface area contributed by atoms with Crippen LogP contribution < -0.4 is 4.90 Å². The van der Waals surface area contributed by atoms with Crippen LogP contribution in [0.2, 0.25) is 0 Å². The lowest BCUT2D eigenvalue weighted by atomic mass is 9.85. The molecular formula is C20H21N3O2. The summed E-state index contributed by atoms with van der Waals surface area (Å²) in [4.78, 5) is 10.5. The number of aromatic nitrogens is 2. The Hall–Kier alpha value is -2.66. The average molecular weight is 335 g/mol. The average Bonchev–Trinajstić information content (AvgIpc) is 3.23. The third kappa shape index (κ3) is 2.51. The van der Waals surface area contributed by atoms with E-state index in [2.05, 4.69) is 34.8 Å². The van der Waals surface area contributed by atoms with Crippen molar-refractivity contribution in [3.05, 3.63) is 72.2 Å². The number of nitrogens with zero attached hydrogens (tertiary/aromatic N) is 3. The van der Waals surface area contributed by atoms with Crippen molar-refractivity contribution >= 4 is 11.4 Å². The van der Waals surface area contributed by atoms with Crippen LogP contribution in [0.1, 0.15) is 37.8 Å². The highest BCUT2D eigenvalue weighted by Crippen LogP contribution is 2.45. The quantitative estimate of drug-likeness (QED) is 0.790. The number of pyridine rings is 1. The Morgan fingerprint density at radius 1 is 1.16 bits per heavy atom. The van der Waals surface area contributed by atoms with Gasteiger partial charge in [-0.2, -0.15) is 0 Å². The zero-order valence-corrected chi connectivity index (χ0v) is 14.6. The van der Waals surface area contributed by atoms with E-state index in [0.29, 0.717) is 5.89 Å². The minimum absolute atomic E-state index is 0.0198. The predicted octanol–water partition coefficient (Wildman–Crippen LogP) is 3.75. The number of benzene rings is 1. The molecule has 5 heteroatoms. The van der Waals surface area contributed by atoms with Gasteiger partial charge in [-0.05, 0) is 36.2 Å². The van der Waals surface area contributed by atoms with Gasteiger partial charge in [0.1, 0.15) is 6.26 Å². The third-order valence-electron chi connectivity index (χ3n) is 4.96. The van der Waals surface area contributed by atoms with Crippen LogP contribution in [0.5, 0.6) is 0 Å². The third-order valence-corrected chi connectivity index (χ3v) is 4.96. The summed E-state index contributed by atoms with van der Waals surface area (Å²) >= 11 is 0. The Kier molecular flexibility index (Phi) is 3.44. The molecule has 1 aliphatic heterocycles. The molecule has 25 heavy (non-hydrogen) atoms. The first-order chi connectivity index (χ1) is 11.9. The fraction of sp³-hybridized carbons (Fsp3) is 0.300. The fourth-order valence-electron chi connectivity index (χ4n) is 3.54. The van der Waals surface area contributed by atoms with Gasteiger partial charge in [0.05, 0.1) is 6.20 Å². The smallest absolute Gasteiger partial charge is 0.230 e. The fourth-order valence-corrected chi connectivity index (χ4v) is 3.54. The van der Waals surface area contributed by atoms with Crippen LogP contribution in [0.25, 0.3) is 0 Å². The van der Waals surface area contributed by atoms with Crippen molar-refractivity contribution in [2.75, 3.05) is 11.4 Å². The van der Waals surface area contributed by atoms with Crippen LogP contribution in [0.4, 0.5) is 11.4 Å². The van der Waals surface area contributed by atoms with E-state index >= 15 is 0 Å². The number of fused-ring (bicyclic) bond motifs is 1. The Morgan fingerprint density at radius 2 is 1.92 bits per heavy atom. The number of hydrogen-bond donors (Lipinski definition) is 1. The maximum absolute atomic E-state index is 11.0. The molecule has 1 unspecified atom stereocenters. The Morgan fingerprint density at radius 3 is 2.60 bits per heavy atom. The van der Waals surface area contributed by atoms with Gasteiger partial charge in [-0.25, -0.2) is 4.98 Å². The molecular weight excluding hydrogens is 314 g/mol. The van der Waals surface area contributed by atoms with E-state index in [1.54, 1.807) is 25.5 Å². The summed E-state index contributed by atoms with van der Waals surface area (Å²) < 4.78 is 5.34. The van der Waals surface area contributed by atoms with Gasteiger partial charge in [0.2, 0.25) is 5.89 Å². The van der Waals surface area contributed by atoms with Crippen molar-refractivity contribution in [3.63, 3.8) is 0 Å². The molecule has 0 saturated carbocycles. The van der Waals surface area contributed by atoms with Gasteiger partial charge >= 0.3 is 0 Å². The summed E-state index contributed by atoms with van der Waals surface area (Å²) in [6.45, 7) is 7.05. The van der Waals surface area contributed by atoms with Crippen LogP contribution >= 0.6 is 0 Å². The second-order valence-electron chi connectivity index (χ2n) is 7.32. The zero-order chi connectivity index (χ0) is 17.7. The van der Waals surface area contributed by atoms with Gasteiger partial charge in [0.25, 0.3) is 0 Å². The van der Waals surface area contributed by atoms with Crippen LogP contribution in [-0.4, -0.2) is 21.6 Å². The molecule has 0 radical (unpaired) electrons. The van der Waals surface area contributed by atoms with Crippen molar-refractivity contribution in [1.29, 1.82) is 0 Å². The molecule has 0 spiro atoms. The van der Waals surface area contributed by atoms with E-state index in [1.165, 1.54) is 11.8 Å². The first kappa shape index (κ1) is 15.8. The number of aliphatic hydroxyl groups is 1. The largest absolute Gasteiger partial charge is 0.446 e. The van der Waals surface area contributed by atoms with E-state index in [0.717, 1.165) is 23.5 Å². The molecule has 1 N–H and O–H groups in total. The van der Waals surface area contributed by atoms with Gasteiger partial charge in [0.15, 0.2) is 5.60 Å². The maximum atomic E-state index is 11.0. The molecule has 0 aliphatic carbocycles. The maximum Gasteiger partial charge on any atom is 0.230 e. The van der Waals surface area contributed by atoms with Gasteiger partial charge in [-0.15, -0.1) is 0 Å². The van der Waals surface area contributed by atoms with E-state index in [4.69, 9.17) is 4.42 Å². The molecule has 0 fully saturated rings. The number of rotatable bonds is 3. The molecule has 0 amide bonds. The minimum atomic E-state index is -1.28. The topological polar surface area (TPSA) is 62.4 Å². The van der Waals surface area contributed by atoms with Crippen LogP contribution in [0.3, 0.4) is 0 Å². The lowest BCUT2D eigenvalue weighted by molar-refractivity contribution is 0.0708. The standard InChI is InChI=1S/C20H21N3O2/c1-19(2)13-23(15-6-8-21-9-7-15)17-12-14(4-5-16(17)19)20(3,24)18-22-10-11-25-18/h4-12,24H,13H2,1-3H3. The summed E-state index contributed by atoms with van der Waals surface area (Å²) in [6, 6.07) is 10.1. The monoisotopic (exact) mass is 335 g/mol. The predicted molar refractivity (Wildman–Crippen MR) is 95.9 cm³/mol. The van der Waals surface area contributed by atoms with Crippen LogP contribution in [0, 0.1) is 0 Å². The van der Waals surface area contributed by atoms with Gasteiger partial charge in [-0.1, -0.05) is 26.0 Å². The molecule has 4 rings (SSSR count). The Labute approximate surface area is 147 Å². The highest BCUT2D eigenvalue weighted by atomic mass is 16.4. The molecule has 3 heterocycles. The second kappa shape index (κ2) is 5.43. The van der Waals surface area contributed by atoms with E-state index in [9.17, 15) is 5.11 Å². The summed E-state index contributed by atoms with van der Waals surface area (Å²) in [5.74, 6) is 0.292. The van der Waals surface area contributed by atoms with Crippen molar-refractivity contribution < 1.29 is 9.52 Å². The van der Waals surface area contributed by atoms with Crippen LogP contribution in [-0.2, 0) is 11.0 Å². The normalized spacial score (nSPS) is 18.0. The molecule has 1 aliphatic rings. The number of oxazole rings is 1. The minimum Gasteiger partial charge on any atom is -0.446 e. The summed E-state index contributed by atoms with van der Waals surface area (Å²) in [7, 11) is 0. The Bertz CT molecular complexity index is 887. The van der Waals surface area contributed by atoms with Crippen molar-refractivity contribution in [2.24, 2.45) is 0 Å². The molecule has 0 saturated heterocycles. The van der Waals surface area contributed by atoms with Crippen molar-refractivity contribution in [2.45, 2.75) is 31.8 Å². The molecule has 2 aromatic heterocycles. The van der Waals surface area contributed by atoms with Gasteiger partial charge < -0.3 is 14.4 Å².